The van der Waals surface area contributed by atoms with Gasteiger partial charge in [-0.2, -0.15) is 0 Å². The summed E-state index contributed by atoms with van der Waals surface area (Å²) in [5.74, 6) is -1.42. The average molecular weight is 380 g/mol. The topological polar surface area (TPSA) is 91.2 Å². The molecule has 0 saturated carbocycles. The van der Waals surface area contributed by atoms with Crippen molar-refractivity contribution in [1.29, 1.82) is 0 Å². The van der Waals surface area contributed by atoms with Crippen LogP contribution in [0.1, 0.15) is 23.2 Å². The molecule has 2 amide bonds. The number of halogens is 1. The Morgan fingerprint density at radius 2 is 2.14 bits per heavy atom. The quantitative estimate of drug-likeness (QED) is 0.608. The largest absolute Gasteiger partial charge is 0.367 e. The summed E-state index contributed by atoms with van der Waals surface area (Å²) < 4.78 is 15.2. The lowest BCUT2D eigenvalue weighted by Crippen LogP contribution is -2.47. The van der Waals surface area contributed by atoms with Crippen molar-refractivity contribution in [2.45, 2.75) is 18.9 Å². The number of para-hydroxylation sites is 1. The van der Waals surface area contributed by atoms with Crippen molar-refractivity contribution in [2.24, 2.45) is 5.73 Å². The van der Waals surface area contributed by atoms with Crippen LogP contribution in [0.5, 0.6) is 0 Å². The number of carbonyl (C=O) groups is 2. The van der Waals surface area contributed by atoms with E-state index in [1.54, 1.807) is 0 Å². The minimum atomic E-state index is -0.684. The van der Waals surface area contributed by atoms with Gasteiger partial charge in [-0.05, 0) is 31.1 Å². The fourth-order valence-electron chi connectivity index (χ4n) is 4.04. The number of aromatic nitrogens is 1. The zero-order chi connectivity index (χ0) is 19.8. The Kier molecular flexibility index (Phi) is 4.50. The van der Waals surface area contributed by atoms with Gasteiger partial charge in [-0.1, -0.05) is 24.8 Å². The summed E-state index contributed by atoms with van der Waals surface area (Å²) >= 11 is 0. The smallest absolute Gasteiger partial charge is 0.250 e. The molecular formula is C21H21FN4O2. The van der Waals surface area contributed by atoms with Gasteiger partial charge in [0.15, 0.2) is 0 Å². The Morgan fingerprint density at radius 3 is 2.89 bits per heavy atom. The average Bonchev–Trinajstić information content (AvgIpc) is 3.06. The van der Waals surface area contributed by atoms with Crippen molar-refractivity contribution in [2.75, 3.05) is 18.0 Å². The maximum atomic E-state index is 15.2. The third kappa shape index (κ3) is 2.98. The predicted octanol–water partition coefficient (Wildman–Crippen LogP) is 2.83. The molecule has 1 saturated heterocycles. The van der Waals surface area contributed by atoms with E-state index in [1.807, 2.05) is 29.2 Å². The van der Waals surface area contributed by atoms with Crippen LogP contribution in [0.3, 0.4) is 0 Å². The molecule has 1 fully saturated rings. The van der Waals surface area contributed by atoms with Crippen LogP contribution in [0.2, 0.25) is 0 Å². The number of nitrogens with one attached hydrogen (secondary N) is 2. The second kappa shape index (κ2) is 6.99. The molecule has 0 bridgehead atoms. The van der Waals surface area contributed by atoms with Gasteiger partial charge in [0.1, 0.15) is 5.82 Å². The second-order valence-corrected chi connectivity index (χ2v) is 7.04. The molecule has 2 aromatic carbocycles. The number of fused-ring (bicyclic) bond motifs is 3. The normalized spacial score (nSPS) is 17.0. The van der Waals surface area contributed by atoms with Crippen molar-refractivity contribution in [3.63, 3.8) is 0 Å². The van der Waals surface area contributed by atoms with E-state index in [0.29, 0.717) is 29.7 Å². The summed E-state index contributed by atoms with van der Waals surface area (Å²) in [6, 6.07) is 8.61. The monoisotopic (exact) mass is 380 g/mol. The first-order chi connectivity index (χ1) is 13.5. The number of nitrogens with two attached hydrogens (primary N) is 1. The number of H-pyrrole nitrogens is 1. The van der Waals surface area contributed by atoms with E-state index in [9.17, 15) is 9.59 Å². The first-order valence-corrected chi connectivity index (χ1v) is 9.20. The van der Waals surface area contributed by atoms with Crippen molar-refractivity contribution >= 4 is 39.3 Å². The molecule has 0 spiro atoms. The Morgan fingerprint density at radius 1 is 1.36 bits per heavy atom. The molecule has 2 heterocycles. The van der Waals surface area contributed by atoms with Gasteiger partial charge in [-0.15, -0.1) is 0 Å². The maximum Gasteiger partial charge on any atom is 0.250 e. The van der Waals surface area contributed by atoms with Gasteiger partial charge >= 0.3 is 0 Å². The van der Waals surface area contributed by atoms with Gasteiger partial charge in [0.05, 0.1) is 16.8 Å². The number of rotatable bonds is 4. The number of nitrogens with zero attached hydrogens (tertiary/aromatic N) is 1. The van der Waals surface area contributed by atoms with Crippen LogP contribution in [-0.4, -0.2) is 35.9 Å². The molecule has 0 aliphatic carbocycles. The van der Waals surface area contributed by atoms with Crippen molar-refractivity contribution in [3.8, 4) is 0 Å². The summed E-state index contributed by atoms with van der Waals surface area (Å²) in [6.45, 7) is 4.61. The van der Waals surface area contributed by atoms with Gasteiger partial charge in [-0.3, -0.25) is 9.59 Å². The van der Waals surface area contributed by atoms with Crippen LogP contribution in [0, 0.1) is 5.82 Å². The van der Waals surface area contributed by atoms with Gasteiger partial charge in [-0.25, -0.2) is 4.39 Å². The Balaban J connectivity index is 1.88. The lowest BCUT2D eigenvalue weighted by Gasteiger charge is -2.35. The number of piperidine rings is 1. The van der Waals surface area contributed by atoms with E-state index in [-0.39, 0.29) is 17.5 Å². The molecule has 1 aromatic heterocycles. The van der Waals surface area contributed by atoms with E-state index in [4.69, 9.17) is 5.73 Å². The minimum Gasteiger partial charge on any atom is -0.367 e. The third-order valence-electron chi connectivity index (χ3n) is 5.24. The molecular weight excluding hydrogens is 359 g/mol. The fourth-order valence-corrected chi connectivity index (χ4v) is 4.04. The Bertz CT molecular complexity index is 1100. The highest BCUT2D eigenvalue weighted by atomic mass is 19.1. The van der Waals surface area contributed by atoms with Crippen LogP contribution in [0.4, 0.5) is 10.1 Å². The van der Waals surface area contributed by atoms with Crippen molar-refractivity contribution < 1.29 is 14.0 Å². The van der Waals surface area contributed by atoms with E-state index in [1.165, 1.54) is 12.1 Å². The van der Waals surface area contributed by atoms with Crippen LogP contribution in [-0.2, 0) is 4.79 Å². The zero-order valence-electron chi connectivity index (χ0n) is 15.3. The Labute approximate surface area is 161 Å². The summed E-state index contributed by atoms with van der Waals surface area (Å²) in [4.78, 5) is 28.7. The van der Waals surface area contributed by atoms with Gasteiger partial charge in [0.25, 0.3) is 5.91 Å². The molecule has 1 atom stereocenters. The van der Waals surface area contributed by atoms with Gasteiger partial charge in [0.2, 0.25) is 5.91 Å². The molecule has 3 aromatic rings. The molecule has 4 N–H and O–H groups in total. The molecule has 1 aliphatic heterocycles. The number of anilines is 1. The summed E-state index contributed by atoms with van der Waals surface area (Å²) in [5.41, 5.74) is 7.38. The number of amides is 2. The lowest BCUT2D eigenvalue weighted by molar-refractivity contribution is -0.117. The molecule has 6 nitrogen and oxygen atoms in total. The van der Waals surface area contributed by atoms with E-state index < -0.39 is 11.7 Å². The standard InChI is InChI=1S/C21H21FN4O2/c1-2-17(27)24-12-6-5-9-26(11-12)20-15(22)10-14(21(23)28)19-18(20)13-7-3-4-8-16(13)25-19/h2-4,7-8,10,12,25H,1,5-6,9,11H2,(H2,23,28)(H,24,27). The van der Waals surface area contributed by atoms with Crippen LogP contribution in [0.15, 0.2) is 43.0 Å². The summed E-state index contributed by atoms with van der Waals surface area (Å²) in [5, 5.41) is 4.36. The third-order valence-corrected chi connectivity index (χ3v) is 5.24. The Hall–Kier alpha value is -3.35. The molecule has 28 heavy (non-hydrogen) atoms. The maximum absolute atomic E-state index is 15.2. The first-order valence-electron chi connectivity index (χ1n) is 9.20. The molecule has 7 heteroatoms. The first kappa shape index (κ1) is 18.0. The highest BCUT2D eigenvalue weighted by Crippen LogP contribution is 2.38. The molecule has 1 unspecified atom stereocenters. The predicted molar refractivity (Wildman–Crippen MR) is 108 cm³/mol. The van der Waals surface area contributed by atoms with Gasteiger partial charge in [0, 0.05) is 35.4 Å². The SMILES string of the molecule is C=CC(=O)NC1CCCN(c2c(F)cc(C(N)=O)c3[nH]c4ccccc4c23)C1. The van der Waals surface area contributed by atoms with E-state index >= 15 is 4.39 Å². The molecule has 4 rings (SSSR count). The van der Waals surface area contributed by atoms with Crippen molar-refractivity contribution in [1.82, 2.24) is 10.3 Å². The number of hydrogen-bond donors (Lipinski definition) is 3. The highest BCUT2D eigenvalue weighted by molar-refractivity contribution is 6.19. The van der Waals surface area contributed by atoms with Crippen molar-refractivity contribution in [3.05, 3.63) is 54.4 Å². The van der Waals surface area contributed by atoms with Crippen LogP contribution in [0.25, 0.3) is 21.8 Å². The zero-order valence-corrected chi connectivity index (χ0v) is 15.3. The van der Waals surface area contributed by atoms with Crippen LogP contribution >= 0.6 is 0 Å². The lowest BCUT2D eigenvalue weighted by atomic mass is 10.0. The van der Waals surface area contributed by atoms with E-state index in [2.05, 4.69) is 16.9 Å². The molecule has 1 aliphatic rings. The summed E-state index contributed by atoms with van der Waals surface area (Å²) in [6.07, 6.45) is 2.86. The minimum absolute atomic E-state index is 0.102. The highest BCUT2D eigenvalue weighted by Gasteiger charge is 2.27. The molecule has 0 radical (unpaired) electrons. The van der Waals surface area contributed by atoms with Gasteiger partial charge < -0.3 is 20.9 Å². The second-order valence-electron chi connectivity index (χ2n) is 7.04. The number of primary amides is 1. The molecule has 144 valence electrons. The van der Waals surface area contributed by atoms with Crippen LogP contribution < -0.4 is 16.0 Å². The fraction of sp³-hybridized carbons (Fsp3) is 0.238. The number of benzene rings is 2. The number of hydrogen-bond acceptors (Lipinski definition) is 3. The summed E-state index contributed by atoms with van der Waals surface area (Å²) in [7, 11) is 0. The van der Waals surface area contributed by atoms with E-state index in [0.717, 1.165) is 23.7 Å². The number of carbonyl (C=O) groups excluding carboxylic acids is 2. The number of aromatic amines is 1.